The maximum Gasteiger partial charge on any atom is 0.245 e. The average Bonchev–Trinajstić information content (AvgIpc) is 2.74. The van der Waals surface area contributed by atoms with E-state index >= 15 is 0 Å². The van der Waals surface area contributed by atoms with E-state index in [4.69, 9.17) is 10.00 Å². The molecule has 3 rings (SSSR count). The largest absolute Gasteiger partial charge is 0.487 e. The molecule has 148 valence electrons. The predicted molar refractivity (Wildman–Crippen MR) is 101 cm³/mol. The molecule has 2 aliphatic heterocycles. The van der Waals surface area contributed by atoms with Crippen LogP contribution in [0.5, 0.6) is 5.75 Å². The molecule has 0 N–H and O–H groups in total. The lowest BCUT2D eigenvalue weighted by atomic mass is 9.95. The van der Waals surface area contributed by atoms with Gasteiger partial charge in [0.15, 0.2) is 11.6 Å². The van der Waals surface area contributed by atoms with E-state index in [-0.39, 0.29) is 35.1 Å². The second-order valence-corrected chi connectivity index (χ2v) is 7.23. The highest BCUT2D eigenvalue weighted by atomic mass is 19.1. The fraction of sp³-hybridized carbons (Fsp3) is 0.476. The monoisotopic (exact) mass is 385 g/mol. The maximum absolute atomic E-state index is 14.0. The van der Waals surface area contributed by atoms with E-state index in [0.29, 0.717) is 39.0 Å². The second-order valence-electron chi connectivity index (χ2n) is 7.23. The van der Waals surface area contributed by atoms with Gasteiger partial charge in [0.2, 0.25) is 11.8 Å². The normalized spacial score (nSPS) is 20.4. The molecule has 0 saturated carbocycles. The zero-order valence-corrected chi connectivity index (χ0v) is 15.8. The van der Waals surface area contributed by atoms with Gasteiger partial charge in [-0.05, 0) is 37.1 Å². The summed E-state index contributed by atoms with van der Waals surface area (Å²) in [6.45, 7) is 5.72. The molecule has 0 spiro atoms. The third kappa shape index (κ3) is 4.50. The van der Waals surface area contributed by atoms with E-state index in [1.165, 1.54) is 18.2 Å². The molecule has 0 aliphatic carbocycles. The van der Waals surface area contributed by atoms with Gasteiger partial charge in [0.25, 0.3) is 0 Å². The van der Waals surface area contributed by atoms with Crippen LogP contribution in [0.3, 0.4) is 0 Å². The van der Waals surface area contributed by atoms with Gasteiger partial charge in [-0.3, -0.25) is 9.59 Å². The summed E-state index contributed by atoms with van der Waals surface area (Å²) in [7, 11) is 0. The Morgan fingerprint density at radius 3 is 2.61 bits per heavy atom. The van der Waals surface area contributed by atoms with Crippen molar-refractivity contribution in [1.29, 1.82) is 5.26 Å². The second kappa shape index (κ2) is 8.87. The number of carbonyl (C=O) groups is 2. The standard InChI is InChI=1S/C21H24FN3O3/c1-2-20(26)25-9-3-4-16(14-25)21(27)24-10-7-17(8-11-24)28-19-6-5-15(13-23)12-18(19)22/h2,5-6,12,16-17H,1,3-4,7-11,14H2. The number of ether oxygens (including phenoxy) is 1. The Kier molecular flexibility index (Phi) is 6.30. The molecule has 6 nitrogen and oxygen atoms in total. The van der Waals surface area contributed by atoms with E-state index in [9.17, 15) is 14.0 Å². The molecular formula is C21H24FN3O3. The molecule has 2 fully saturated rings. The molecular weight excluding hydrogens is 361 g/mol. The third-order valence-corrected chi connectivity index (χ3v) is 5.37. The van der Waals surface area contributed by atoms with Crippen molar-refractivity contribution in [2.45, 2.75) is 31.8 Å². The van der Waals surface area contributed by atoms with Gasteiger partial charge in [0, 0.05) is 39.0 Å². The number of piperidine rings is 2. The molecule has 2 aliphatic rings. The van der Waals surface area contributed by atoms with Gasteiger partial charge < -0.3 is 14.5 Å². The molecule has 0 radical (unpaired) electrons. The molecule has 2 amide bonds. The van der Waals surface area contributed by atoms with E-state index < -0.39 is 5.82 Å². The lowest BCUT2D eigenvalue weighted by Gasteiger charge is -2.37. The van der Waals surface area contributed by atoms with Crippen molar-refractivity contribution in [3.05, 3.63) is 42.2 Å². The fourth-order valence-electron chi connectivity index (χ4n) is 3.81. The van der Waals surface area contributed by atoms with Crippen molar-refractivity contribution in [2.24, 2.45) is 5.92 Å². The number of carbonyl (C=O) groups excluding carboxylic acids is 2. The minimum absolute atomic E-state index is 0.0737. The Morgan fingerprint density at radius 1 is 1.21 bits per heavy atom. The number of likely N-dealkylation sites (tertiary alicyclic amines) is 2. The Morgan fingerprint density at radius 2 is 1.96 bits per heavy atom. The number of benzene rings is 1. The molecule has 2 saturated heterocycles. The zero-order valence-electron chi connectivity index (χ0n) is 15.8. The Labute approximate surface area is 164 Å². The van der Waals surface area contributed by atoms with Gasteiger partial charge in [0.1, 0.15) is 6.10 Å². The van der Waals surface area contributed by atoms with Crippen molar-refractivity contribution >= 4 is 11.8 Å². The van der Waals surface area contributed by atoms with Gasteiger partial charge in [-0.2, -0.15) is 5.26 Å². The van der Waals surface area contributed by atoms with Crippen LogP contribution in [0.4, 0.5) is 4.39 Å². The van der Waals surface area contributed by atoms with E-state index in [2.05, 4.69) is 6.58 Å². The number of halogens is 1. The van der Waals surface area contributed by atoms with E-state index in [1.807, 2.05) is 11.0 Å². The molecule has 0 bridgehead atoms. The van der Waals surface area contributed by atoms with Crippen LogP contribution >= 0.6 is 0 Å². The Bertz CT molecular complexity index is 797. The van der Waals surface area contributed by atoms with Crippen molar-refractivity contribution in [1.82, 2.24) is 9.80 Å². The van der Waals surface area contributed by atoms with Crippen LogP contribution in [-0.4, -0.2) is 53.9 Å². The number of hydrogen-bond acceptors (Lipinski definition) is 4. The van der Waals surface area contributed by atoms with Crippen LogP contribution in [0.15, 0.2) is 30.9 Å². The summed E-state index contributed by atoms with van der Waals surface area (Å²) in [5.74, 6) is -0.647. The lowest BCUT2D eigenvalue weighted by Crippen LogP contribution is -2.49. The van der Waals surface area contributed by atoms with Gasteiger partial charge in [-0.1, -0.05) is 6.58 Å². The maximum atomic E-state index is 14.0. The highest BCUT2D eigenvalue weighted by molar-refractivity contribution is 5.88. The van der Waals surface area contributed by atoms with Gasteiger partial charge in [0.05, 0.1) is 17.6 Å². The molecule has 28 heavy (non-hydrogen) atoms. The number of amides is 2. The Balaban J connectivity index is 1.52. The first-order valence-corrected chi connectivity index (χ1v) is 9.58. The number of rotatable bonds is 4. The number of nitriles is 1. The van der Waals surface area contributed by atoms with Gasteiger partial charge in [-0.25, -0.2) is 4.39 Å². The number of hydrogen-bond donors (Lipinski definition) is 0. The third-order valence-electron chi connectivity index (χ3n) is 5.37. The first-order valence-electron chi connectivity index (χ1n) is 9.58. The summed E-state index contributed by atoms with van der Waals surface area (Å²) in [5.41, 5.74) is 0.252. The number of nitrogens with zero attached hydrogens (tertiary/aromatic N) is 3. The molecule has 1 unspecified atom stereocenters. The SMILES string of the molecule is C=CC(=O)N1CCCC(C(=O)N2CCC(Oc3ccc(C#N)cc3F)CC2)C1. The molecule has 1 aromatic rings. The fourth-order valence-corrected chi connectivity index (χ4v) is 3.81. The lowest BCUT2D eigenvalue weighted by molar-refractivity contribution is -0.141. The summed E-state index contributed by atoms with van der Waals surface area (Å²) in [4.78, 5) is 28.1. The topological polar surface area (TPSA) is 73.6 Å². The zero-order chi connectivity index (χ0) is 20.1. The predicted octanol–water partition coefficient (Wildman–Crippen LogP) is 2.49. The van der Waals surface area contributed by atoms with Crippen LogP contribution in [0.2, 0.25) is 0 Å². The van der Waals surface area contributed by atoms with Gasteiger partial charge >= 0.3 is 0 Å². The van der Waals surface area contributed by atoms with Crippen LogP contribution in [0.25, 0.3) is 0 Å². The van der Waals surface area contributed by atoms with Crippen molar-refractivity contribution < 1.29 is 18.7 Å². The van der Waals surface area contributed by atoms with Crippen LogP contribution in [0, 0.1) is 23.1 Å². The molecule has 2 heterocycles. The molecule has 7 heteroatoms. The summed E-state index contributed by atoms with van der Waals surface area (Å²) >= 11 is 0. The van der Waals surface area contributed by atoms with E-state index in [1.54, 1.807) is 4.90 Å². The summed E-state index contributed by atoms with van der Waals surface area (Å²) in [5, 5.41) is 8.80. The Hall–Kier alpha value is -2.88. The van der Waals surface area contributed by atoms with Crippen LogP contribution in [0.1, 0.15) is 31.2 Å². The quantitative estimate of drug-likeness (QED) is 0.747. The smallest absolute Gasteiger partial charge is 0.245 e. The first-order chi connectivity index (χ1) is 13.5. The molecule has 1 atom stereocenters. The summed E-state index contributed by atoms with van der Waals surface area (Å²) in [6, 6.07) is 6.05. The minimum Gasteiger partial charge on any atom is -0.487 e. The average molecular weight is 385 g/mol. The van der Waals surface area contributed by atoms with Crippen molar-refractivity contribution in [3.63, 3.8) is 0 Å². The molecule has 0 aromatic heterocycles. The summed E-state index contributed by atoms with van der Waals surface area (Å²) in [6.07, 6.45) is 3.95. The van der Waals surface area contributed by atoms with Crippen LogP contribution < -0.4 is 4.74 Å². The van der Waals surface area contributed by atoms with Crippen LogP contribution in [-0.2, 0) is 9.59 Å². The molecule has 1 aromatic carbocycles. The summed E-state index contributed by atoms with van der Waals surface area (Å²) < 4.78 is 19.7. The van der Waals surface area contributed by atoms with E-state index in [0.717, 1.165) is 18.9 Å². The van der Waals surface area contributed by atoms with Crippen molar-refractivity contribution in [3.8, 4) is 11.8 Å². The van der Waals surface area contributed by atoms with Gasteiger partial charge in [-0.15, -0.1) is 0 Å². The highest BCUT2D eigenvalue weighted by Crippen LogP contribution is 2.25. The minimum atomic E-state index is -0.549. The highest BCUT2D eigenvalue weighted by Gasteiger charge is 2.32. The van der Waals surface area contributed by atoms with Crippen molar-refractivity contribution in [2.75, 3.05) is 26.2 Å². The first kappa shape index (κ1) is 19.9.